The third-order valence-corrected chi connectivity index (χ3v) is 4.23. The highest BCUT2D eigenvalue weighted by Crippen LogP contribution is 2.22. The summed E-state index contributed by atoms with van der Waals surface area (Å²) in [7, 11) is 0. The van der Waals surface area contributed by atoms with E-state index in [1.165, 1.54) is 0 Å². The van der Waals surface area contributed by atoms with Crippen molar-refractivity contribution in [2.75, 3.05) is 11.9 Å². The lowest BCUT2D eigenvalue weighted by Gasteiger charge is -2.10. The van der Waals surface area contributed by atoms with Gasteiger partial charge in [0.05, 0.1) is 0 Å². The molecule has 30 heavy (non-hydrogen) atoms. The number of nitrogens with one attached hydrogen (secondary N) is 2. The maximum atomic E-state index is 11.5. The van der Waals surface area contributed by atoms with E-state index in [1.807, 2.05) is 48.5 Å². The number of carbonyl (C=O) groups excluding carboxylic acids is 1. The molecule has 0 aliphatic carbocycles. The van der Waals surface area contributed by atoms with E-state index in [0.717, 1.165) is 27.9 Å². The molecule has 7 N–H and O–H groups in total. The van der Waals surface area contributed by atoms with Gasteiger partial charge in [-0.25, -0.2) is 14.8 Å². The van der Waals surface area contributed by atoms with Gasteiger partial charge in [0.1, 0.15) is 0 Å². The number of hydrogen-bond donors (Lipinski definition) is 5. The molecule has 3 aromatic rings. The summed E-state index contributed by atoms with van der Waals surface area (Å²) < 4.78 is 0. The number of guanidine groups is 1. The Morgan fingerprint density at radius 3 is 2.53 bits per heavy atom. The highest BCUT2D eigenvalue weighted by molar-refractivity contribution is 5.90. The fourth-order valence-electron chi connectivity index (χ4n) is 2.84. The Balaban J connectivity index is 1.69. The Hall–Kier alpha value is -3.98. The second-order valence-electron chi connectivity index (χ2n) is 6.45. The van der Waals surface area contributed by atoms with Gasteiger partial charge in [0, 0.05) is 36.8 Å². The number of benzene rings is 2. The summed E-state index contributed by atoms with van der Waals surface area (Å²) in [4.78, 5) is 23.7. The summed E-state index contributed by atoms with van der Waals surface area (Å²) in [5.74, 6) is 0.177. The van der Waals surface area contributed by atoms with Gasteiger partial charge in [-0.05, 0) is 35.2 Å². The first-order valence-electron chi connectivity index (χ1n) is 9.30. The van der Waals surface area contributed by atoms with Crippen molar-refractivity contribution in [3.05, 3.63) is 72.1 Å². The summed E-state index contributed by atoms with van der Waals surface area (Å²) >= 11 is 0. The lowest BCUT2D eigenvalue weighted by atomic mass is 10.1. The molecule has 154 valence electrons. The van der Waals surface area contributed by atoms with Gasteiger partial charge in [-0.2, -0.15) is 4.99 Å². The van der Waals surface area contributed by atoms with Crippen LogP contribution in [-0.4, -0.2) is 33.7 Å². The van der Waals surface area contributed by atoms with Crippen molar-refractivity contribution in [1.82, 2.24) is 15.3 Å². The van der Waals surface area contributed by atoms with Gasteiger partial charge < -0.3 is 27.2 Å². The number of carbonyl (C=O) groups is 1. The zero-order valence-electron chi connectivity index (χ0n) is 16.2. The van der Waals surface area contributed by atoms with Crippen molar-refractivity contribution in [2.24, 2.45) is 16.5 Å². The average molecular weight is 405 g/mol. The van der Waals surface area contributed by atoms with Crippen molar-refractivity contribution in [3.8, 4) is 11.1 Å². The highest BCUT2D eigenvalue weighted by Gasteiger charge is 2.06. The number of anilines is 2. The van der Waals surface area contributed by atoms with Crippen molar-refractivity contribution < 1.29 is 9.90 Å². The Bertz CT molecular complexity index is 1030. The smallest absolute Gasteiger partial charge is 0.344 e. The van der Waals surface area contributed by atoms with E-state index < -0.39 is 6.03 Å². The Morgan fingerprint density at radius 1 is 1.03 bits per heavy atom. The van der Waals surface area contributed by atoms with Crippen LogP contribution in [0.1, 0.15) is 11.1 Å². The van der Waals surface area contributed by atoms with Crippen molar-refractivity contribution in [3.63, 3.8) is 0 Å². The van der Waals surface area contributed by atoms with Crippen LogP contribution in [0.3, 0.4) is 0 Å². The summed E-state index contributed by atoms with van der Waals surface area (Å²) in [6.45, 7) is 0.354. The second-order valence-corrected chi connectivity index (χ2v) is 6.45. The van der Waals surface area contributed by atoms with Crippen LogP contribution in [0.15, 0.2) is 65.9 Å². The number of aromatic nitrogens is 2. The number of amides is 2. The number of nitrogens with two attached hydrogens (primary N) is 2. The largest absolute Gasteiger partial charge is 0.396 e. The normalized spacial score (nSPS) is 10.3. The quantitative estimate of drug-likeness (QED) is 0.297. The highest BCUT2D eigenvalue weighted by atomic mass is 16.3. The summed E-state index contributed by atoms with van der Waals surface area (Å²) in [5.41, 5.74) is 14.8. The molecule has 0 fully saturated rings. The van der Waals surface area contributed by atoms with Crippen LogP contribution >= 0.6 is 0 Å². The predicted octanol–water partition coefficient (Wildman–Crippen LogP) is 1.91. The van der Waals surface area contributed by atoms with E-state index in [2.05, 4.69) is 25.6 Å². The number of rotatable bonds is 7. The molecule has 0 radical (unpaired) electrons. The molecular formula is C21H23N7O2. The monoisotopic (exact) mass is 405 g/mol. The first-order chi connectivity index (χ1) is 14.5. The molecule has 3 rings (SSSR count). The summed E-state index contributed by atoms with van der Waals surface area (Å²) in [5, 5.41) is 15.0. The minimum absolute atomic E-state index is 0.0707. The number of para-hydroxylation sites is 1. The van der Waals surface area contributed by atoms with E-state index in [0.29, 0.717) is 12.4 Å². The third kappa shape index (κ3) is 5.76. The van der Waals surface area contributed by atoms with Crippen LogP contribution in [0.25, 0.3) is 11.1 Å². The average Bonchev–Trinajstić information content (AvgIpc) is 2.74. The number of hydrogen-bond acceptors (Lipinski definition) is 5. The van der Waals surface area contributed by atoms with Crippen molar-refractivity contribution in [1.29, 1.82) is 0 Å². The molecule has 1 aromatic heterocycles. The molecule has 0 atom stereocenters. The van der Waals surface area contributed by atoms with Gasteiger partial charge in [-0.3, -0.25) is 0 Å². The molecule has 1 heterocycles. The second kappa shape index (κ2) is 9.99. The Morgan fingerprint density at radius 2 is 1.80 bits per heavy atom. The topological polar surface area (TPSA) is 152 Å². The van der Waals surface area contributed by atoms with Crippen molar-refractivity contribution in [2.45, 2.75) is 13.0 Å². The maximum Gasteiger partial charge on any atom is 0.344 e. The van der Waals surface area contributed by atoms with Crippen LogP contribution in [0.4, 0.5) is 16.4 Å². The number of nitrogens with zero attached hydrogens (tertiary/aromatic N) is 3. The van der Waals surface area contributed by atoms with Crippen molar-refractivity contribution >= 4 is 23.6 Å². The van der Waals surface area contributed by atoms with E-state index in [9.17, 15) is 9.90 Å². The van der Waals surface area contributed by atoms with Crippen LogP contribution < -0.4 is 22.1 Å². The molecule has 0 unspecified atom stereocenters. The fraction of sp³-hybridized carbons (Fsp3) is 0.143. The molecule has 2 amide bonds. The molecule has 0 bridgehead atoms. The minimum atomic E-state index is -0.597. The zero-order valence-corrected chi connectivity index (χ0v) is 16.2. The van der Waals surface area contributed by atoms with E-state index in [1.54, 1.807) is 12.4 Å². The Labute approximate surface area is 173 Å². The first-order valence-corrected chi connectivity index (χ1v) is 9.30. The van der Waals surface area contributed by atoms with Crippen LogP contribution in [0.2, 0.25) is 0 Å². The SMILES string of the molecule is NC(N)=NC(=O)NCc1cccc(-c2cnc(Nc3ccccc3CCO)nc2)c1. The van der Waals surface area contributed by atoms with Gasteiger partial charge in [-0.15, -0.1) is 0 Å². The van der Waals surface area contributed by atoms with E-state index >= 15 is 0 Å². The zero-order chi connectivity index (χ0) is 21.3. The summed E-state index contributed by atoms with van der Waals surface area (Å²) in [6.07, 6.45) is 4.00. The number of aliphatic hydroxyl groups is 1. The molecule has 0 saturated heterocycles. The molecule has 0 aliphatic heterocycles. The van der Waals surface area contributed by atoms with E-state index in [4.69, 9.17) is 11.5 Å². The van der Waals surface area contributed by atoms with Crippen LogP contribution in [0, 0.1) is 0 Å². The first kappa shape index (κ1) is 20.7. The predicted molar refractivity (Wildman–Crippen MR) is 116 cm³/mol. The molecule has 9 nitrogen and oxygen atoms in total. The maximum absolute atomic E-state index is 11.5. The Kier molecular flexibility index (Phi) is 6.91. The van der Waals surface area contributed by atoms with Gasteiger partial charge in [0.2, 0.25) is 5.95 Å². The standard InChI is InChI=1S/C21H23N7O2/c22-19(23)28-21(30)26-11-14-4-3-6-16(10-14)17-12-24-20(25-13-17)27-18-7-2-1-5-15(18)8-9-29/h1-7,10,12-13,29H,8-9,11H2,(H,24,25,27)(H5,22,23,26,28,30). The minimum Gasteiger partial charge on any atom is -0.396 e. The molecule has 9 heteroatoms. The van der Waals surface area contributed by atoms with E-state index in [-0.39, 0.29) is 19.1 Å². The summed E-state index contributed by atoms with van der Waals surface area (Å²) in [6, 6.07) is 14.7. The number of aliphatic imine (C=N–C) groups is 1. The molecule has 0 spiro atoms. The van der Waals surface area contributed by atoms with Crippen LogP contribution in [-0.2, 0) is 13.0 Å². The molecular weight excluding hydrogens is 382 g/mol. The third-order valence-electron chi connectivity index (χ3n) is 4.23. The fourth-order valence-corrected chi connectivity index (χ4v) is 2.84. The van der Waals surface area contributed by atoms with Gasteiger partial charge in [0.25, 0.3) is 0 Å². The lowest BCUT2D eigenvalue weighted by Crippen LogP contribution is -2.28. The van der Waals surface area contributed by atoms with Gasteiger partial charge in [-0.1, -0.05) is 36.4 Å². The molecule has 0 aliphatic rings. The number of aliphatic hydroxyl groups excluding tert-OH is 1. The van der Waals surface area contributed by atoms with Gasteiger partial charge >= 0.3 is 6.03 Å². The van der Waals surface area contributed by atoms with Crippen LogP contribution in [0.5, 0.6) is 0 Å². The lowest BCUT2D eigenvalue weighted by molar-refractivity contribution is 0.249. The molecule has 2 aromatic carbocycles. The number of urea groups is 1. The van der Waals surface area contributed by atoms with Gasteiger partial charge in [0.15, 0.2) is 5.96 Å². The molecule has 0 saturated carbocycles.